The Hall–Kier alpha value is -0.260. The molecule has 0 aromatic rings. The lowest BCUT2D eigenvalue weighted by Gasteiger charge is -2.25. The molecule has 0 radical (unpaired) electrons. The van der Waals surface area contributed by atoms with Crippen molar-refractivity contribution in [3.8, 4) is 0 Å². The molecule has 0 spiro atoms. The molecule has 0 heterocycles. The van der Waals surface area contributed by atoms with E-state index in [1.807, 2.05) is 0 Å². The van der Waals surface area contributed by atoms with Gasteiger partial charge in [0.15, 0.2) is 0 Å². The van der Waals surface area contributed by atoms with Crippen LogP contribution in [0.1, 0.15) is 60.3 Å². The van der Waals surface area contributed by atoms with E-state index in [-0.39, 0.29) is 0 Å². The third-order valence-corrected chi connectivity index (χ3v) is 2.86. The molecular formula is C13H26. The highest BCUT2D eigenvalue weighted by atomic mass is 14.2. The van der Waals surface area contributed by atoms with Gasteiger partial charge in [-0.25, -0.2) is 0 Å². The van der Waals surface area contributed by atoms with Gasteiger partial charge in [-0.3, -0.25) is 0 Å². The van der Waals surface area contributed by atoms with Gasteiger partial charge in [0.25, 0.3) is 0 Å². The van der Waals surface area contributed by atoms with E-state index < -0.39 is 0 Å². The summed E-state index contributed by atoms with van der Waals surface area (Å²) in [5.74, 6) is 0.783. The largest absolute Gasteiger partial charge is 0.0885 e. The molecule has 0 heteroatoms. The summed E-state index contributed by atoms with van der Waals surface area (Å²) in [4.78, 5) is 0. The van der Waals surface area contributed by atoms with Gasteiger partial charge in [0.1, 0.15) is 0 Å². The number of hydrogen-bond donors (Lipinski definition) is 0. The molecule has 78 valence electrons. The summed E-state index contributed by atoms with van der Waals surface area (Å²) >= 11 is 0. The minimum Gasteiger partial charge on any atom is -0.0885 e. The fourth-order valence-electron chi connectivity index (χ4n) is 1.09. The second-order valence-corrected chi connectivity index (χ2v) is 5.12. The van der Waals surface area contributed by atoms with Crippen molar-refractivity contribution in [1.29, 1.82) is 0 Å². The van der Waals surface area contributed by atoms with Crippen LogP contribution in [0.25, 0.3) is 0 Å². The lowest BCUT2D eigenvalue weighted by molar-refractivity contribution is 0.264. The van der Waals surface area contributed by atoms with E-state index in [0.29, 0.717) is 5.41 Å². The van der Waals surface area contributed by atoms with E-state index in [2.05, 4.69) is 46.8 Å². The Morgan fingerprint density at radius 3 is 2.23 bits per heavy atom. The molecule has 0 saturated carbocycles. The summed E-state index contributed by atoms with van der Waals surface area (Å²) in [6.45, 7) is 11.5. The highest BCUT2D eigenvalue weighted by Crippen LogP contribution is 2.28. The smallest absolute Gasteiger partial charge is 0.0320 e. The second-order valence-electron chi connectivity index (χ2n) is 5.12. The zero-order valence-electron chi connectivity index (χ0n) is 10.1. The summed E-state index contributed by atoms with van der Waals surface area (Å²) in [7, 11) is 0. The minimum absolute atomic E-state index is 0.453. The van der Waals surface area contributed by atoms with Gasteiger partial charge in [-0.1, -0.05) is 59.6 Å². The Morgan fingerprint density at radius 1 is 1.15 bits per heavy atom. The standard InChI is InChI=1S/C13H26/c1-6-7-8-9-10-11-12(2)13(3,4)5/h9-10,12H,6-8,11H2,1-5H3. The minimum atomic E-state index is 0.453. The third-order valence-electron chi connectivity index (χ3n) is 2.86. The summed E-state index contributed by atoms with van der Waals surface area (Å²) in [6, 6.07) is 0. The van der Waals surface area contributed by atoms with Crippen LogP contribution in [-0.2, 0) is 0 Å². The fraction of sp³-hybridized carbons (Fsp3) is 0.846. The molecule has 0 aromatic heterocycles. The third kappa shape index (κ3) is 6.86. The fourth-order valence-corrected chi connectivity index (χ4v) is 1.09. The van der Waals surface area contributed by atoms with Crippen molar-refractivity contribution in [3.05, 3.63) is 12.2 Å². The Balaban J connectivity index is 3.57. The molecule has 0 nitrogen and oxygen atoms in total. The molecular weight excluding hydrogens is 156 g/mol. The maximum absolute atomic E-state index is 2.35. The zero-order chi connectivity index (χ0) is 10.3. The van der Waals surface area contributed by atoms with Crippen LogP contribution in [0.15, 0.2) is 12.2 Å². The monoisotopic (exact) mass is 182 g/mol. The van der Waals surface area contributed by atoms with Crippen LogP contribution in [0.2, 0.25) is 0 Å². The van der Waals surface area contributed by atoms with Crippen molar-refractivity contribution in [1.82, 2.24) is 0 Å². The highest BCUT2D eigenvalue weighted by molar-refractivity contribution is 4.85. The van der Waals surface area contributed by atoms with Gasteiger partial charge < -0.3 is 0 Å². The van der Waals surface area contributed by atoms with E-state index in [1.54, 1.807) is 0 Å². The van der Waals surface area contributed by atoms with Crippen molar-refractivity contribution in [3.63, 3.8) is 0 Å². The molecule has 13 heavy (non-hydrogen) atoms. The SMILES string of the molecule is CCCCC=CCC(C)C(C)(C)C. The number of rotatable bonds is 5. The molecule has 0 aliphatic carbocycles. The Labute approximate surface area is 84.4 Å². The van der Waals surface area contributed by atoms with Crippen molar-refractivity contribution in [2.24, 2.45) is 11.3 Å². The van der Waals surface area contributed by atoms with Gasteiger partial charge in [-0.2, -0.15) is 0 Å². The summed E-state index contributed by atoms with van der Waals surface area (Å²) in [5.41, 5.74) is 0.453. The van der Waals surface area contributed by atoms with Crippen LogP contribution >= 0.6 is 0 Å². The van der Waals surface area contributed by atoms with E-state index in [9.17, 15) is 0 Å². The van der Waals surface area contributed by atoms with Crippen molar-refractivity contribution in [2.75, 3.05) is 0 Å². The normalized spacial score (nSPS) is 15.2. The van der Waals surface area contributed by atoms with Crippen molar-refractivity contribution < 1.29 is 0 Å². The lowest BCUT2D eigenvalue weighted by Crippen LogP contribution is -2.16. The zero-order valence-corrected chi connectivity index (χ0v) is 10.1. The lowest BCUT2D eigenvalue weighted by atomic mass is 9.80. The van der Waals surface area contributed by atoms with Gasteiger partial charge in [0, 0.05) is 0 Å². The van der Waals surface area contributed by atoms with E-state index >= 15 is 0 Å². The number of hydrogen-bond acceptors (Lipinski definition) is 0. The maximum Gasteiger partial charge on any atom is -0.0320 e. The first-order valence-corrected chi connectivity index (χ1v) is 5.63. The van der Waals surface area contributed by atoms with Crippen LogP contribution in [0.5, 0.6) is 0 Å². The van der Waals surface area contributed by atoms with Crippen molar-refractivity contribution in [2.45, 2.75) is 60.3 Å². The van der Waals surface area contributed by atoms with Gasteiger partial charge in [-0.15, -0.1) is 0 Å². The molecule has 0 aliphatic heterocycles. The second kappa shape index (κ2) is 6.23. The van der Waals surface area contributed by atoms with Crippen LogP contribution in [0, 0.1) is 11.3 Å². The Morgan fingerprint density at radius 2 is 1.77 bits per heavy atom. The van der Waals surface area contributed by atoms with Crippen molar-refractivity contribution >= 4 is 0 Å². The molecule has 0 N–H and O–H groups in total. The first kappa shape index (κ1) is 12.7. The maximum atomic E-state index is 2.35. The molecule has 0 saturated heterocycles. The molecule has 1 atom stereocenters. The molecule has 0 bridgehead atoms. The van der Waals surface area contributed by atoms with Gasteiger partial charge in [0.2, 0.25) is 0 Å². The molecule has 0 rings (SSSR count). The first-order valence-electron chi connectivity index (χ1n) is 5.63. The first-order chi connectivity index (χ1) is 5.98. The average molecular weight is 182 g/mol. The van der Waals surface area contributed by atoms with Crippen LogP contribution in [0.3, 0.4) is 0 Å². The predicted molar refractivity (Wildman–Crippen MR) is 61.9 cm³/mol. The summed E-state index contributed by atoms with van der Waals surface area (Å²) < 4.78 is 0. The van der Waals surface area contributed by atoms with Gasteiger partial charge in [-0.05, 0) is 24.2 Å². The number of unbranched alkanes of at least 4 members (excludes halogenated alkanes) is 2. The van der Waals surface area contributed by atoms with E-state index in [1.165, 1.54) is 25.7 Å². The average Bonchev–Trinajstić information content (AvgIpc) is 2.02. The number of allylic oxidation sites excluding steroid dienone is 2. The van der Waals surface area contributed by atoms with Gasteiger partial charge in [0.05, 0.1) is 0 Å². The Kier molecular flexibility index (Phi) is 6.11. The molecule has 0 amide bonds. The molecule has 1 unspecified atom stereocenters. The quantitative estimate of drug-likeness (QED) is 0.423. The molecule has 0 aliphatic rings. The highest BCUT2D eigenvalue weighted by Gasteiger charge is 2.17. The molecule has 0 aromatic carbocycles. The topological polar surface area (TPSA) is 0 Å². The summed E-state index contributed by atoms with van der Waals surface area (Å²) in [6.07, 6.45) is 9.82. The van der Waals surface area contributed by atoms with E-state index in [4.69, 9.17) is 0 Å². The predicted octanol–water partition coefficient (Wildman–Crippen LogP) is 4.81. The molecule has 0 fully saturated rings. The summed E-state index contributed by atoms with van der Waals surface area (Å²) in [5, 5.41) is 0. The van der Waals surface area contributed by atoms with Crippen LogP contribution < -0.4 is 0 Å². The van der Waals surface area contributed by atoms with Crippen LogP contribution in [-0.4, -0.2) is 0 Å². The van der Waals surface area contributed by atoms with Crippen LogP contribution in [0.4, 0.5) is 0 Å². The van der Waals surface area contributed by atoms with E-state index in [0.717, 1.165) is 5.92 Å². The Bertz CT molecular complexity index is 137. The van der Waals surface area contributed by atoms with Gasteiger partial charge >= 0.3 is 0 Å².